The molecule has 1 heterocycles. The molecule has 3 heteroatoms. The van der Waals surface area contributed by atoms with Gasteiger partial charge in [-0.15, -0.1) is 23.5 Å². The summed E-state index contributed by atoms with van der Waals surface area (Å²) in [5.74, 6) is 2.57. The molecule has 0 unspecified atom stereocenters. The van der Waals surface area contributed by atoms with E-state index in [2.05, 4.69) is 24.3 Å². The molecule has 0 aromatic heterocycles. The van der Waals surface area contributed by atoms with Gasteiger partial charge in [0.15, 0.2) is 0 Å². The minimum atomic E-state index is -0.00685. The highest BCUT2D eigenvalue weighted by molar-refractivity contribution is 8.20. The van der Waals surface area contributed by atoms with Gasteiger partial charge in [-0.1, -0.05) is 30.3 Å². The number of benzene rings is 1. The fraction of sp³-hybridized carbons (Fsp3) is 0.417. The predicted molar refractivity (Wildman–Crippen MR) is 68.3 cm³/mol. The summed E-state index contributed by atoms with van der Waals surface area (Å²) in [6.45, 7) is 1.68. The lowest BCUT2D eigenvalue weighted by Crippen LogP contribution is -2.18. The Hall–Kier alpha value is -0.410. The smallest absolute Gasteiger partial charge is 0.132 e. The number of carbonyl (C=O) groups excluding carboxylic acids is 1. The van der Waals surface area contributed by atoms with Gasteiger partial charge in [0.2, 0.25) is 0 Å². The van der Waals surface area contributed by atoms with Crippen LogP contribution in [0.15, 0.2) is 30.3 Å². The number of hydrogen-bond acceptors (Lipinski definition) is 3. The van der Waals surface area contributed by atoms with Gasteiger partial charge in [-0.2, -0.15) is 0 Å². The van der Waals surface area contributed by atoms with Crippen LogP contribution in [-0.2, 0) is 8.87 Å². The molecule has 0 N–H and O–H groups in total. The Morgan fingerprint density at radius 2 is 1.87 bits per heavy atom. The topological polar surface area (TPSA) is 17.1 Å². The van der Waals surface area contributed by atoms with Crippen molar-refractivity contribution in [1.82, 2.24) is 0 Å². The average Bonchev–Trinajstić information content (AvgIpc) is 2.68. The second-order valence-electron chi connectivity index (χ2n) is 3.69. The van der Waals surface area contributed by atoms with Crippen LogP contribution in [0.5, 0.6) is 0 Å². The fourth-order valence-electron chi connectivity index (χ4n) is 1.85. The molecule has 0 spiro atoms. The summed E-state index contributed by atoms with van der Waals surface area (Å²) >= 11 is 3.83. The van der Waals surface area contributed by atoms with Crippen molar-refractivity contribution in [3.05, 3.63) is 35.9 Å². The Kier molecular flexibility index (Phi) is 3.42. The number of thioether (sulfide) groups is 2. The first-order chi connectivity index (χ1) is 7.23. The van der Waals surface area contributed by atoms with Crippen LogP contribution in [0, 0.1) is 0 Å². The Morgan fingerprint density at radius 3 is 2.40 bits per heavy atom. The summed E-state index contributed by atoms with van der Waals surface area (Å²) < 4.78 is -0.00685. The Labute approximate surface area is 99.0 Å². The number of ketones is 1. The zero-order valence-electron chi connectivity index (χ0n) is 8.73. The van der Waals surface area contributed by atoms with Crippen molar-refractivity contribution in [2.45, 2.75) is 17.4 Å². The maximum Gasteiger partial charge on any atom is 0.132 e. The van der Waals surface area contributed by atoms with Gasteiger partial charge in [0.1, 0.15) is 5.78 Å². The predicted octanol–water partition coefficient (Wildman–Crippen LogP) is 3.30. The van der Waals surface area contributed by atoms with Gasteiger partial charge in [0, 0.05) is 17.9 Å². The molecule has 0 aliphatic carbocycles. The largest absolute Gasteiger partial charge is 0.300 e. The highest BCUT2D eigenvalue weighted by Gasteiger charge is 2.38. The van der Waals surface area contributed by atoms with Gasteiger partial charge in [0.25, 0.3) is 0 Å². The van der Waals surface area contributed by atoms with Gasteiger partial charge >= 0.3 is 0 Å². The first-order valence-corrected chi connectivity index (χ1v) is 7.03. The monoisotopic (exact) mass is 238 g/mol. The molecule has 1 aliphatic rings. The lowest BCUT2D eigenvalue weighted by molar-refractivity contribution is -0.117. The summed E-state index contributed by atoms with van der Waals surface area (Å²) in [4.78, 5) is 11.4. The zero-order chi connectivity index (χ0) is 10.7. The summed E-state index contributed by atoms with van der Waals surface area (Å²) in [5.41, 5.74) is 1.28. The van der Waals surface area contributed by atoms with Crippen LogP contribution < -0.4 is 0 Å². The molecule has 15 heavy (non-hydrogen) atoms. The van der Waals surface area contributed by atoms with E-state index in [4.69, 9.17) is 0 Å². The molecular formula is C12H14OS2. The van der Waals surface area contributed by atoms with E-state index in [1.165, 1.54) is 5.56 Å². The van der Waals surface area contributed by atoms with Crippen molar-refractivity contribution >= 4 is 29.3 Å². The molecular weight excluding hydrogens is 224 g/mol. The molecule has 0 amide bonds. The van der Waals surface area contributed by atoms with E-state index in [1.54, 1.807) is 6.92 Å². The SMILES string of the molecule is CC(=O)CC1(c2ccccc2)SCCS1. The van der Waals surface area contributed by atoms with Crippen LogP contribution in [0.3, 0.4) is 0 Å². The second-order valence-corrected chi connectivity index (χ2v) is 6.74. The van der Waals surface area contributed by atoms with E-state index >= 15 is 0 Å². The van der Waals surface area contributed by atoms with E-state index in [9.17, 15) is 4.79 Å². The summed E-state index contributed by atoms with van der Waals surface area (Å²) in [5, 5.41) is 0. The lowest BCUT2D eigenvalue weighted by Gasteiger charge is -2.26. The van der Waals surface area contributed by atoms with E-state index in [0.29, 0.717) is 6.42 Å². The number of hydrogen-bond donors (Lipinski definition) is 0. The van der Waals surface area contributed by atoms with Gasteiger partial charge < -0.3 is 0 Å². The molecule has 1 nitrogen and oxygen atoms in total. The van der Waals surface area contributed by atoms with E-state index in [0.717, 1.165) is 11.5 Å². The molecule has 1 fully saturated rings. The fourth-order valence-corrected chi connectivity index (χ4v) is 5.22. The van der Waals surface area contributed by atoms with Crippen molar-refractivity contribution in [1.29, 1.82) is 0 Å². The Bertz CT molecular complexity index is 342. The maximum absolute atomic E-state index is 11.4. The minimum absolute atomic E-state index is 0.00685. The second kappa shape index (κ2) is 4.62. The summed E-state index contributed by atoms with van der Waals surface area (Å²) in [6, 6.07) is 10.4. The van der Waals surface area contributed by atoms with Crippen LogP contribution in [0.4, 0.5) is 0 Å². The van der Waals surface area contributed by atoms with E-state index < -0.39 is 0 Å². The van der Waals surface area contributed by atoms with Gasteiger partial charge in [-0.25, -0.2) is 0 Å². The first kappa shape index (κ1) is 11.1. The van der Waals surface area contributed by atoms with Crippen molar-refractivity contribution in [3.8, 4) is 0 Å². The van der Waals surface area contributed by atoms with Gasteiger partial charge in [-0.05, 0) is 12.5 Å². The van der Waals surface area contributed by atoms with Crippen molar-refractivity contribution in [2.75, 3.05) is 11.5 Å². The third-order valence-corrected chi connectivity index (χ3v) is 5.92. The van der Waals surface area contributed by atoms with E-state index in [-0.39, 0.29) is 9.86 Å². The highest BCUT2D eigenvalue weighted by Crippen LogP contribution is 2.54. The molecule has 0 bridgehead atoms. The summed E-state index contributed by atoms with van der Waals surface area (Å²) in [7, 11) is 0. The number of carbonyl (C=O) groups is 1. The molecule has 1 aromatic rings. The molecule has 1 saturated heterocycles. The third-order valence-electron chi connectivity index (χ3n) is 2.45. The lowest BCUT2D eigenvalue weighted by atomic mass is 10.1. The van der Waals surface area contributed by atoms with Crippen LogP contribution in [0.1, 0.15) is 18.9 Å². The molecule has 0 radical (unpaired) electrons. The van der Waals surface area contributed by atoms with Gasteiger partial charge in [-0.3, -0.25) is 4.79 Å². The zero-order valence-corrected chi connectivity index (χ0v) is 10.4. The number of Topliss-reactive ketones (excluding diaryl/α,β-unsaturated/α-hetero) is 1. The van der Waals surface area contributed by atoms with Crippen LogP contribution >= 0.6 is 23.5 Å². The molecule has 0 saturated carbocycles. The summed E-state index contributed by atoms with van der Waals surface area (Å²) in [6.07, 6.45) is 0.645. The highest BCUT2D eigenvalue weighted by atomic mass is 32.2. The average molecular weight is 238 g/mol. The normalized spacial score (nSPS) is 19.0. The van der Waals surface area contributed by atoms with E-state index in [1.807, 2.05) is 29.6 Å². The molecule has 2 rings (SSSR count). The van der Waals surface area contributed by atoms with Crippen molar-refractivity contribution in [3.63, 3.8) is 0 Å². The van der Waals surface area contributed by atoms with Crippen molar-refractivity contribution < 1.29 is 4.79 Å². The molecule has 1 aliphatic heterocycles. The standard InChI is InChI=1S/C12H14OS2/c1-10(13)9-12(14-7-8-15-12)11-5-3-2-4-6-11/h2-6H,7-9H2,1H3. The van der Waals surface area contributed by atoms with Crippen LogP contribution in [0.2, 0.25) is 0 Å². The van der Waals surface area contributed by atoms with Gasteiger partial charge in [0.05, 0.1) is 4.08 Å². The third kappa shape index (κ3) is 2.40. The Morgan fingerprint density at radius 1 is 1.27 bits per heavy atom. The molecule has 1 aromatic carbocycles. The first-order valence-electron chi connectivity index (χ1n) is 5.06. The minimum Gasteiger partial charge on any atom is -0.300 e. The Balaban J connectivity index is 2.30. The van der Waals surface area contributed by atoms with Crippen LogP contribution in [0.25, 0.3) is 0 Å². The van der Waals surface area contributed by atoms with Crippen molar-refractivity contribution in [2.24, 2.45) is 0 Å². The molecule has 0 atom stereocenters. The quantitative estimate of drug-likeness (QED) is 0.804. The maximum atomic E-state index is 11.4. The number of rotatable bonds is 3. The molecule has 80 valence electrons. The van der Waals surface area contributed by atoms with Crippen LogP contribution in [-0.4, -0.2) is 17.3 Å².